The standard InChI is InChI=1S/C9H5BrFNO/c10-8(5-12)9(13)6-1-3-7(11)4-2-6/h1-4,8H. The van der Waals surface area contributed by atoms with Crippen LogP contribution in [0.15, 0.2) is 24.3 Å². The van der Waals surface area contributed by atoms with Crippen LogP contribution in [0.25, 0.3) is 0 Å². The van der Waals surface area contributed by atoms with E-state index in [2.05, 4.69) is 15.9 Å². The van der Waals surface area contributed by atoms with Crippen LogP contribution in [0.1, 0.15) is 10.4 Å². The molecule has 0 aliphatic rings. The lowest BCUT2D eigenvalue weighted by molar-refractivity contribution is 0.100. The van der Waals surface area contributed by atoms with Crippen LogP contribution >= 0.6 is 15.9 Å². The van der Waals surface area contributed by atoms with Crippen molar-refractivity contribution in [3.63, 3.8) is 0 Å². The molecule has 0 saturated heterocycles. The van der Waals surface area contributed by atoms with Gasteiger partial charge in [-0.3, -0.25) is 4.79 Å². The summed E-state index contributed by atoms with van der Waals surface area (Å²) in [6.07, 6.45) is 0. The number of nitrogens with zero attached hydrogens (tertiary/aromatic N) is 1. The second-order valence-electron chi connectivity index (χ2n) is 2.36. The monoisotopic (exact) mass is 241 g/mol. The number of carbonyl (C=O) groups is 1. The van der Waals surface area contributed by atoms with E-state index in [1.54, 1.807) is 6.07 Å². The summed E-state index contributed by atoms with van der Waals surface area (Å²) in [4.78, 5) is 10.4. The third-order valence-electron chi connectivity index (χ3n) is 1.47. The Kier molecular flexibility index (Phi) is 3.15. The van der Waals surface area contributed by atoms with Crippen LogP contribution in [0.3, 0.4) is 0 Å². The summed E-state index contributed by atoms with van der Waals surface area (Å²) in [7, 11) is 0. The average molecular weight is 242 g/mol. The number of carbonyl (C=O) groups excluding carboxylic acids is 1. The van der Waals surface area contributed by atoms with Crippen molar-refractivity contribution in [2.24, 2.45) is 0 Å². The smallest absolute Gasteiger partial charge is 0.190 e. The molecule has 4 heteroatoms. The van der Waals surface area contributed by atoms with E-state index < -0.39 is 10.6 Å². The lowest BCUT2D eigenvalue weighted by atomic mass is 10.1. The minimum absolute atomic E-state index is 0.324. The molecule has 0 heterocycles. The van der Waals surface area contributed by atoms with Gasteiger partial charge in [0, 0.05) is 5.56 Å². The number of alkyl halides is 1. The van der Waals surface area contributed by atoms with Crippen LogP contribution < -0.4 is 0 Å². The molecular formula is C9H5BrFNO. The number of hydrogen-bond donors (Lipinski definition) is 0. The van der Waals surface area contributed by atoms with E-state index in [0.29, 0.717) is 5.56 Å². The van der Waals surface area contributed by atoms with Crippen LogP contribution in [0.4, 0.5) is 4.39 Å². The highest BCUT2D eigenvalue weighted by molar-refractivity contribution is 9.10. The molecule has 0 bridgehead atoms. The SMILES string of the molecule is N#CC(Br)C(=O)c1ccc(F)cc1. The zero-order valence-electron chi connectivity index (χ0n) is 6.50. The highest BCUT2D eigenvalue weighted by Crippen LogP contribution is 2.10. The van der Waals surface area contributed by atoms with Crippen molar-refractivity contribution in [3.05, 3.63) is 35.6 Å². The maximum Gasteiger partial charge on any atom is 0.190 e. The molecule has 0 aliphatic heterocycles. The molecule has 13 heavy (non-hydrogen) atoms. The summed E-state index contributed by atoms with van der Waals surface area (Å²) in [5.41, 5.74) is 0.324. The average Bonchev–Trinajstić information content (AvgIpc) is 2.17. The van der Waals surface area contributed by atoms with Crippen LogP contribution in [-0.2, 0) is 0 Å². The quantitative estimate of drug-likeness (QED) is 0.589. The van der Waals surface area contributed by atoms with Gasteiger partial charge in [-0.25, -0.2) is 4.39 Å². The van der Waals surface area contributed by atoms with Crippen LogP contribution in [-0.4, -0.2) is 10.6 Å². The third-order valence-corrected chi connectivity index (χ3v) is 2.09. The van der Waals surface area contributed by atoms with Gasteiger partial charge in [-0.1, -0.05) is 15.9 Å². The predicted molar refractivity (Wildman–Crippen MR) is 49.1 cm³/mol. The van der Waals surface area contributed by atoms with Crippen LogP contribution in [0.5, 0.6) is 0 Å². The first-order valence-corrected chi connectivity index (χ1v) is 4.40. The molecule has 0 radical (unpaired) electrons. The molecule has 2 nitrogen and oxygen atoms in total. The second-order valence-corrected chi connectivity index (χ2v) is 3.28. The Morgan fingerprint density at radius 1 is 1.46 bits per heavy atom. The Labute approximate surface area is 83.1 Å². The van der Waals surface area contributed by atoms with Crippen LogP contribution in [0, 0.1) is 17.1 Å². The van der Waals surface area contributed by atoms with Crippen molar-refractivity contribution >= 4 is 21.7 Å². The summed E-state index contributed by atoms with van der Waals surface area (Å²) in [6, 6.07) is 6.82. The Morgan fingerprint density at radius 3 is 2.46 bits per heavy atom. The van der Waals surface area contributed by atoms with Crippen molar-refractivity contribution < 1.29 is 9.18 Å². The number of nitriles is 1. The molecule has 1 unspecified atom stereocenters. The normalized spacial score (nSPS) is 11.8. The molecule has 0 aliphatic carbocycles. The van der Waals surface area contributed by atoms with Crippen molar-refractivity contribution in [2.75, 3.05) is 0 Å². The van der Waals surface area contributed by atoms with E-state index in [9.17, 15) is 9.18 Å². The molecule has 0 fully saturated rings. The summed E-state index contributed by atoms with van der Waals surface area (Å²) in [5, 5.41) is 8.43. The van der Waals surface area contributed by atoms with Crippen molar-refractivity contribution in [2.45, 2.75) is 4.83 Å². The van der Waals surface area contributed by atoms with E-state index in [1.165, 1.54) is 24.3 Å². The predicted octanol–water partition coefficient (Wildman–Crippen LogP) is 2.30. The molecular weight excluding hydrogens is 237 g/mol. The zero-order valence-corrected chi connectivity index (χ0v) is 8.08. The van der Waals surface area contributed by atoms with E-state index in [1.807, 2.05) is 0 Å². The molecule has 0 amide bonds. The molecule has 1 aromatic rings. The summed E-state index contributed by atoms with van der Waals surface area (Å²) < 4.78 is 12.4. The van der Waals surface area contributed by atoms with Gasteiger partial charge in [-0.05, 0) is 24.3 Å². The fraction of sp³-hybridized carbons (Fsp3) is 0.111. The highest BCUT2D eigenvalue weighted by Gasteiger charge is 2.15. The molecule has 1 atom stereocenters. The van der Waals surface area contributed by atoms with Gasteiger partial charge in [0.25, 0.3) is 0 Å². The molecule has 0 saturated carbocycles. The molecule has 66 valence electrons. The zero-order chi connectivity index (χ0) is 9.84. The maximum atomic E-state index is 12.4. The summed E-state index contributed by atoms with van der Waals surface area (Å²) in [6.45, 7) is 0. The number of benzene rings is 1. The minimum Gasteiger partial charge on any atom is -0.292 e. The molecule has 1 rings (SSSR count). The fourth-order valence-electron chi connectivity index (χ4n) is 0.819. The van der Waals surface area contributed by atoms with Gasteiger partial charge in [-0.2, -0.15) is 5.26 Å². The Morgan fingerprint density at radius 2 is 2.00 bits per heavy atom. The van der Waals surface area contributed by atoms with E-state index >= 15 is 0 Å². The Hall–Kier alpha value is -1.21. The Bertz CT molecular complexity index is 355. The van der Waals surface area contributed by atoms with Crippen LogP contribution in [0.2, 0.25) is 0 Å². The van der Waals surface area contributed by atoms with Gasteiger partial charge in [0.15, 0.2) is 10.6 Å². The minimum atomic E-state index is -0.863. The molecule has 0 spiro atoms. The lowest BCUT2D eigenvalue weighted by Crippen LogP contribution is -2.11. The summed E-state index contributed by atoms with van der Waals surface area (Å²) >= 11 is 2.89. The summed E-state index contributed by atoms with van der Waals surface area (Å²) in [5.74, 6) is -0.762. The van der Waals surface area contributed by atoms with Gasteiger partial charge >= 0.3 is 0 Å². The number of hydrogen-bond acceptors (Lipinski definition) is 2. The topological polar surface area (TPSA) is 40.9 Å². The maximum absolute atomic E-state index is 12.4. The van der Waals surface area contributed by atoms with Gasteiger partial charge < -0.3 is 0 Å². The molecule has 1 aromatic carbocycles. The van der Waals surface area contributed by atoms with E-state index in [0.717, 1.165) is 0 Å². The van der Waals surface area contributed by atoms with E-state index in [4.69, 9.17) is 5.26 Å². The fourth-order valence-corrected chi connectivity index (χ4v) is 1.08. The largest absolute Gasteiger partial charge is 0.292 e. The third kappa shape index (κ3) is 2.36. The van der Waals surface area contributed by atoms with E-state index in [-0.39, 0.29) is 5.78 Å². The van der Waals surface area contributed by atoms with Gasteiger partial charge in [-0.15, -0.1) is 0 Å². The second kappa shape index (κ2) is 4.15. The number of ketones is 1. The van der Waals surface area contributed by atoms with Crippen molar-refractivity contribution in [3.8, 4) is 6.07 Å². The molecule has 0 aromatic heterocycles. The van der Waals surface area contributed by atoms with Gasteiger partial charge in [0.1, 0.15) is 5.82 Å². The van der Waals surface area contributed by atoms with Crippen molar-refractivity contribution in [1.82, 2.24) is 0 Å². The Balaban J connectivity index is 2.91. The molecule has 0 N–H and O–H groups in total. The first-order chi connectivity index (χ1) is 6.15. The number of Topliss-reactive ketones (excluding diaryl/α,β-unsaturated/α-hetero) is 1. The van der Waals surface area contributed by atoms with Crippen molar-refractivity contribution in [1.29, 1.82) is 5.26 Å². The lowest BCUT2D eigenvalue weighted by Gasteiger charge is -1.99. The van der Waals surface area contributed by atoms with Gasteiger partial charge in [0.2, 0.25) is 0 Å². The number of halogens is 2. The van der Waals surface area contributed by atoms with Gasteiger partial charge in [0.05, 0.1) is 6.07 Å². The first kappa shape index (κ1) is 9.87. The number of rotatable bonds is 2. The highest BCUT2D eigenvalue weighted by atomic mass is 79.9. The first-order valence-electron chi connectivity index (χ1n) is 3.48.